The van der Waals surface area contributed by atoms with Gasteiger partial charge in [0.25, 0.3) is 0 Å². The average molecular weight is 346 g/mol. The number of benzene rings is 2. The molecule has 1 heterocycles. The van der Waals surface area contributed by atoms with Crippen molar-refractivity contribution >= 4 is 28.9 Å². The Morgan fingerprint density at radius 2 is 2.04 bits per heavy atom. The van der Waals surface area contributed by atoms with Gasteiger partial charge >= 0.3 is 0 Å². The maximum atomic E-state index is 12.1. The van der Waals surface area contributed by atoms with Gasteiger partial charge < -0.3 is 21.1 Å². The van der Waals surface area contributed by atoms with Crippen molar-refractivity contribution in [3.8, 4) is 0 Å². The van der Waals surface area contributed by atoms with E-state index in [9.17, 15) is 9.90 Å². The average Bonchev–Trinajstić information content (AvgIpc) is 3.02. The molecule has 0 bridgehead atoms. The molecule has 0 radical (unpaired) electrons. The van der Waals surface area contributed by atoms with Crippen LogP contribution in [0.1, 0.15) is 12.0 Å². The normalized spacial score (nSPS) is 19.9. The minimum atomic E-state index is -0.464. The summed E-state index contributed by atoms with van der Waals surface area (Å²) in [7, 11) is 0. The molecule has 3 rings (SSSR count). The van der Waals surface area contributed by atoms with Crippen molar-refractivity contribution in [2.24, 2.45) is 0 Å². The molecular weight excluding hydrogens is 326 g/mol. The minimum absolute atomic E-state index is 0.160. The second-order valence-electron chi connectivity index (χ2n) is 5.87. The molecule has 2 atom stereocenters. The maximum absolute atomic E-state index is 12.1. The summed E-state index contributed by atoms with van der Waals surface area (Å²) in [6, 6.07) is 15.0. The fourth-order valence-corrected chi connectivity index (χ4v) is 2.92. The van der Waals surface area contributed by atoms with Gasteiger partial charge in [0.15, 0.2) is 0 Å². The predicted molar refractivity (Wildman–Crippen MR) is 96.3 cm³/mol. The number of hydrogen-bond acceptors (Lipinski definition) is 4. The summed E-state index contributed by atoms with van der Waals surface area (Å²) in [6.07, 6.45) is -0.0371. The highest BCUT2D eigenvalue weighted by atomic mass is 35.5. The van der Waals surface area contributed by atoms with Crippen LogP contribution in [0, 0.1) is 0 Å². The van der Waals surface area contributed by atoms with Gasteiger partial charge in [0, 0.05) is 18.8 Å². The number of rotatable bonds is 5. The molecule has 1 aliphatic heterocycles. The minimum Gasteiger partial charge on any atom is -0.392 e. The molecule has 2 aromatic carbocycles. The van der Waals surface area contributed by atoms with Crippen molar-refractivity contribution in [3.63, 3.8) is 0 Å². The Morgan fingerprint density at radius 3 is 2.71 bits per heavy atom. The van der Waals surface area contributed by atoms with Gasteiger partial charge in [-0.15, -0.1) is 0 Å². The monoisotopic (exact) mass is 345 g/mol. The zero-order valence-corrected chi connectivity index (χ0v) is 13.9. The molecule has 24 heavy (non-hydrogen) atoms. The molecule has 0 aromatic heterocycles. The van der Waals surface area contributed by atoms with Crippen molar-refractivity contribution in [1.82, 2.24) is 5.32 Å². The lowest BCUT2D eigenvalue weighted by atomic mass is 10.2. The number of amides is 1. The number of hydrogen-bond donors (Lipinski definition) is 4. The van der Waals surface area contributed by atoms with Gasteiger partial charge in [-0.3, -0.25) is 4.79 Å². The predicted octanol–water partition coefficient (Wildman–Crippen LogP) is 2.61. The molecule has 1 aliphatic rings. The number of anilines is 2. The van der Waals surface area contributed by atoms with Crippen LogP contribution in [0.4, 0.5) is 11.4 Å². The van der Waals surface area contributed by atoms with Crippen LogP contribution in [-0.4, -0.2) is 29.7 Å². The fourth-order valence-electron chi connectivity index (χ4n) is 2.68. The summed E-state index contributed by atoms with van der Waals surface area (Å²) in [5, 5.41) is 19.1. The zero-order chi connectivity index (χ0) is 16.9. The first-order chi connectivity index (χ1) is 11.6. The molecule has 1 saturated heterocycles. The van der Waals surface area contributed by atoms with Crippen LogP contribution >= 0.6 is 11.6 Å². The van der Waals surface area contributed by atoms with E-state index >= 15 is 0 Å². The molecule has 6 heteroatoms. The molecule has 2 unspecified atom stereocenters. The van der Waals surface area contributed by atoms with Gasteiger partial charge in [-0.2, -0.15) is 0 Å². The Balaban J connectivity index is 1.59. The molecule has 2 aromatic rings. The molecule has 1 amide bonds. The van der Waals surface area contributed by atoms with E-state index in [1.807, 2.05) is 42.5 Å². The fraction of sp³-hybridized carbons (Fsp3) is 0.278. The first kappa shape index (κ1) is 16.8. The van der Waals surface area contributed by atoms with Crippen molar-refractivity contribution in [1.29, 1.82) is 0 Å². The molecule has 4 N–H and O–H groups in total. The second-order valence-corrected chi connectivity index (χ2v) is 6.28. The molecule has 0 saturated carbocycles. The van der Waals surface area contributed by atoms with Gasteiger partial charge in [0.2, 0.25) is 5.91 Å². The summed E-state index contributed by atoms with van der Waals surface area (Å²) in [4.78, 5) is 12.1. The van der Waals surface area contributed by atoms with Crippen LogP contribution in [0.3, 0.4) is 0 Å². The Morgan fingerprint density at radius 1 is 1.25 bits per heavy atom. The van der Waals surface area contributed by atoms with E-state index in [0.29, 0.717) is 30.2 Å². The summed E-state index contributed by atoms with van der Waals surface area (Å²) in [5.41, 5.74) is 2.61. The highest BCUT2D eigenvalue weighted by molar-refractivity contribution is 6.33. The largest absolute Gasteiger partial charge is 0.392 e. The number of aliphatic hydroxyl groups excluding tert-OH is 1. The van der Waals surface area contributed by atoms with Crippen LogP contribution in [-0.2, 0) is 11.3 Å². The van der Waals surface area contributed by atoms with Crippen LogP contribution in [0.15, 0.2) is 48.5 Å². The Kier molecular flexibility index (Phi) is 5.35. The van der Waals surface area contributed by atoms with Crippen molar-refractivity contribution in [2.45, 2.75) is 25.1 Å². The van der Waals surface area contributed by atoms with E-state index in [0.717, 1.165) is 11.3 Å². The SMILES string of the molecule is O=C(Nc1ccc(NCc2ccccc2)c(Cl)c1)C1CC(O)CN1. The number of halogens is 1. The number of nitrogens with one attached hydrogen (secondary N) is 3. The van der Waals surface area contributed by atoms with E-state index in [4.69, 9.17) is 11.6 Å². The van der Waals surface area contributed by atoms with Gasteiger partial charge in [0.1, 0.15) is 0 Å². The summed E-state index contributed by atoms with van der Waals surface area (Å²) in [5.74, 6) is -0.160. The van der Waals surface area contributed by atoms with E-state index in [1.165, 1.54) is 0 Å². The molecule has 0 aliphatic carbocycles. The van der Waals surface area contributed by atoms with Crippen LogP contribution in [0.25, 0.3) is 0 Å². The van der Waals surface area contributed by atoms with E-state index in [1.54, 1.807) is 6.07 Å². The summed E-state index contributed by atoms with van der Waals surface area (Å²) >= 11 is 6.29. The topological polar surface area (TPSA) is 73.4 Å². The van der Waals surface area contributed by atoms with Crippen molar-refractivity contribution in [2.75, 3.05) is 17.2 Å². The highest BCUT2D eigenvalue weighted by Crippen LogP contribution is 2.26. The van der Waals surface area contributed by atoms with E-state index in [-0.39, 0.29) is 11.9 Å². The number of carbonyl (C=O) groups is 1. The molecular formula is C18H20ClN3O2. The third kappa shape index (κ3) is 4.26. The van der Waals surface area contributed by atoms with Gasteiger partial charge in [-0.25, -0.2) is 0 Å². The first-order valence-corrected chi connectivity index (χ1v) is 8.29. The lowest BCUT2D eigenvalue weighted by molar-refractivity contribution is -0.117. The molecule has 5 nitrogen and oxygen atoms in total. The van der Waals surface area contributed by atoms with Crippen LogP contribution in [0.2, 0.25) is 5.02 Å². The smallest absolute Gasteiger partial charge is 0.241 e. The quantitative estimate of drug-likeness (QED) is 0.672. The number of aliphatic hydroxyl groups is 1. The highest BCUT2D eigenvalue weighted by Gasteiger charge is 2.28. The first-order valence-electron chi connectivity index (χ1n) is 7.91. The van der Waals surface area contributed by atoms with Gasteiger partial charge in [0.05, 0.1) is 22.9 Å². The third-order valence-electron chi connectivity index (χ3n) is 3.99. The summed E-state index contributed by atoms with van der Waals surface area (Å²) < 4.78 is 0. The number of carbonyl (C=O) groups excluding carboxylic acids is 1. The Bertz CT molecular complexity index is 709. The Hall–Kier alpha value is -2.08. The van der Waals surface area contributed by atoms with Crippen molar-refractivity contribution < 1.29 is 9.90 Å². The van der Waals surface area contributed by atoms with Gasteiger partial charge in [-0.1, -0.05) is 41.9 Å². The third-order valence-corrected chi connectivity index (χ3v) is 4.30. The maximum Gasteiger partial charge on any atom is 0.241 e. The lowest BCUT2D eigenvalue weighted by Crippen LogP contribution is -2.35. The standard InChI is InChI=1S/C18H20ClN3O2/c19-15-8-13(22-18(24)17-9-14(23)11-21-17)6-7-16(15)20-10-12-4-2-1-3-5-12/h1-8,14,17,20-21,23H,9-11H2,(H,22,24). The lowest BCUT2D eigenvalue weighted by Gasteiger charge is -2.13. The zero-order valence-electron chi connectivity index (χ0n) is 13.1. The summed E-state index contributed by atoms with van der Waals surface area (Å²) in [6.45, 7) is 1.12. The molecule has 0 spiro atoms. The van der Waals surface area contributed by atoms with Crippen LogP contribution in [0.5, 0.6) is 0 Å². The molecule has 1 fully saturated rings. The van der Waals surface area contributed by atoms with Crippen LogP contribution < -0.4 is 16.0 Å². The molecule has 126 valence electrons. The Labute approximate surface area is 146 Å². The van der Waals surface area contributed by atoms with Gasteiger partial charge in [-0.05, 0) is 30.2 Å². The number of β-amino-alcohol motifs (C(OH)–C–C–N with tert-alkyl or cyclic N) is 1. The second kappa shape index (κ2) is 7.66. The van der Waals surface area contributed by atoms with Crippen molar-refractivity contribution in [3.05, 3.63) is 59.1 Å². The van der Waals surface area contributed by atoms with E-state index < -0.39 is 6.10 Å². The van der Waals surface area contributed by atoms with E-state index in [2.05, 4.69) is 16.0 Å².